The highest BCUT2D eigenvalue weighted by atomic mass is 15.3. The molecule has 0 fully saturated rings. The van der Waals surface area contributed by atoms with E-state index >= 15 is 0 Å². The van der Waals surface area contributed by atoms with Crippen molar-refractivity contribution in [1.82, 2.24) is 20.1 Å². The summed E-state index contributed by atoms with van der Waals surface area (Å²) < 4.78 is 1.68. The molecular weight excluding hydrogens is 226 g/mol. The number of nitrogens with one attached hydrogen (secondary N) is 1. The monoisotopic (exact) mass is 241 g/mol. The van der Waals surface area contributed by atoms with Crippen LogP contribution >= 0.6 is 0 Å². The van der Waals surface area contributed by atoms with Crippen molar-refractivity contribution >= 4 is 0 Å². The molecule has 1 heterocycles. The minimum atomic E-state index is 0.639. The van der Waals surface area contributed by atoms with Crippen LogP contribution in [0.1, 0.15) is 22.5 Å². The van der Waals surface area contributed by atoms with Crippen LogP contribution in [0.15, 0.2) is 24.5 Å². The van der Waals surface area contributed by atoms with Crippen molar-refractivity contribution in [2.75, 3.05) is 0 Å². The summed E-state index contributed by atoms with van der Waals surface area (Å²) in [5.41, 5.74) is 3.00. The van der Waals surface area contributed by atoms with E-state index in [1.807, 2.05) is 32.2 Å². The molecule has 1 N–H and O–H groups in total. The van der Waals surface area contributed by atoms with Gasteiger partial charge in [0.1, 0.15) is 6.33 Å². The van der Waals surface area contributed by atoms with Gasteiger partial charge in [-0.3, -0.25) is 4.68 Å². The van der Waals surface area contributed by atoms with E-state index in [-0.39, 0.29) is 0 Å². The van der Waals surface area contributed by atoms with Crippen molar-refractivity contribution in [3.05, 3.63) is 47.0 Å². The first-order valence-electron chi connectivity index (χ1n) is 5.74. The van der Waals surface area contributed by atoms with Gasteiger partial charge >= 0.3 is 0 Å². The number of hydrogen-bond acceptors (Lipinski definition) is 4. The Morgan fingerprint density at radius 1 is 1.39 bits per heavy atom. The van der Waals surface area contributed by atoms with E-state index in [2.05, 4.69) is 21.5 Å². The lowest BCUT2D eigenvalue weighted by atomic mass is 10.1. The van der Waals surface area contributed by atoms with Gasteiger partial charge in [0, 0.05) is 13.6 Å². The molecule has 0 amide bonds. The third-order valence-corrected chi connectivity index (χ3v) is 2.72. The molecule has 5 nitrogen and oxygen atoms in total. The first kappa shape index (κ1) is 12.3. The summed E-state index contributed by atoms with van der Waals surface area (Å²) in [7, 11) is 1.85. The average Bonchev–Trinajstić information content (AvgIpc) is 2.77. The van der Waals surface area contributed by atoms with Gasteiger partial charge in [-0.25, -0.2) is 4.98 Å². The minimum absolute atomic E-state index is 0.639. The molecule has 0 aliphatic carbocycles. The Bertz CT molecular complexity index is 579. The third-order valence-electron chi connectivity index (χ3n) is 2.72. The second-order valence-electron chi connectivity index (χ2n) is 4.19. The molecular formula is C13H15N5. The molecule has 5 heteroatoms. The van der Waals surface area contributed by atoms with Gasteiger partial charge in [-0.2, -0.15) is 10.4 Å². The van der Waals surface area contributed by atoms with Crippen molar-refractivity contribution in [1.29, 1.82) is 5.26 Å². The Kier molecular flexibility index (Phi) is 3.70. The molecule has 2 rings (SSSR count). The lowest BCUT2D eigenvalue weighted by Gasteiger charge is -2.06. The Labute approximate surface area is 106 Å². The van der Waals surface area contributed by atoms with Crippen molar-refractivity contribution in [3.63, 3.8) is 0 Å². The molecule has 0 unspecified atom stereocenters. The highest BCUT2D eigenvalue weighted by molar-refractivity contribution is 5.37. The van der Waals surface area contributed by atoms with E-state index in [1.54, 1.807) is 11.0 Å². The zero-order valence-corrected chi connectivity index (χ0v) is 10.5. The molecule has 0 bridgehead atoms. The predicted molar refractivity (Wildman–Crippen MR) is 67.4 cm³/mol. The Morgan fingerprint density at radius 3 is 2.83 bits per heavy atom. The molecule has 2 aromatic rings. The van der Waals surface area contributed by atoms with Gasteiger partial charge in [0.25, 0.3) is 0 Å². The fourth-order valence-corrected chi connectivity index (χ4v) is 1.74. The molecule has 0 atom stereocenters. The Hall–Kier alpha value is -2.19. The quantitative estimate of drug-likeness (QED) is 0.875. The summed E-state index contributed by atoms with van der Waals surface area (Å²) in [6.07, 6.45) is 1.68. The van der Waals surface area contributed by atoms with E-state index in [0.717, 1.165) is 17.9 Å². The second kappa shape index (κ2) is 5.43. The fourth-order valence-electron chi connectivity index (χ4n) is 1.74. The molecule has 1 aromatic heterocycles. The average molecular weight is 241 g/mol. The number of rotatable bonds is 4. The van der Waals surface area contributed by atoms with E-state index in [9.17, 15) is 0 Å². The number of aromatic nitrogens is 3. The van der Waals surface area contributed by atoms with Gasteiger partial charge in [0.15, 0.2) is 5.82 Å². The molecule has 0 saturated carbocycles. The molecule has 0 aliphatic rings. The molecule has 92 valence electrons. The minimum Gasteiger partial charge on any atom is -0.306 e. The largest absolute Gasteiger partial charge is 0.306 e. The van der Waals surface area contributed by atoms with Crippen molar-refractivity contribution in [2.45, 2.75) is 20.0 Å². The predicted octanol–water partition coefficient (Wildman–Crippen LogP) is 1.28. The number of nitrogens with zero attached hydrogens (tertiary/aromatic N) is 4. The van der Waals surface area contributed by atoms with Crippen LogP contribution in [-0.4, -0.2) is 14.8 Å². The van der Waals surface area contributed by atoms with Crippen LogP contribution in [-0.2, 0) is 20.1 Å². The number of hydrogen-bond donors (Lipinski definition) is 1. The van der Waals surface area contributed by atoms with Crippen LogP contribution in [0.5, 0.6) is 0 Å². The molecule has 0 saturated heterocycles. The maximum absolute atomic E-state index is 8.80. The molecule has 1 aromatic carbocycles. The van der Waals surface area contributed by atoms with Gasteiger partial charge in [0.2, 0.25) is 0 Å². The van der Waals surface area contributed by atoms with E-state index in [1.165, 1.54) is 5.56 Å². The zero-order chi connectivity index (χ0) is 13.0. The van der Waals surface area contributed by atoms with Crippen molar-refractivity contribution < 1.29 is 0 Å². The summed E-state index contributed by atoms with van der Waals surface area (Å²) in [6.45, 7) is 3.40. The number of aryl methyl sites for hydroxylation is 2. The highest BCUT2D eigenvalue weighted by Crippen LogP contribution is 2.10. The maximum Gasteiger partial charge on any atom is 0.164 e. The van der Waals surface area contributed by atoms with Crippen molar-refractivity contribution in [3.8, 4) is 6.07 Å². The molecule has 18 heavy (non-hydrogen) atoms. The second-order valence-corrected chi connectivity index (χ2v) is 4.19. The van der Waals surface area contributed by atoms with Gasteiger partial charge in [-0.05, 0) is 30.2 Å². The van der Waals surface area contributed by atoms with Gasteiger partial charge in [0.05, 0.1) is 18.2 Å². The van der Waals surface area contributed by atoms with Crippen LogP contribution in [0.4, 0.5) is 0 Å². The Balaban J connectivity index is 1.92. The van der Waals surface area contributed by atoms with E-state index in [0.29, 0.717) is 12.1 Å². The SMILES string of the molecule is Cc1cc(C#N)ccc1CNCc1ncn(C)n1. The molecule has 0 aliphatic heterocycles. The lowest BCUT2D eigenvalue weighted by Crippen LogP contribution is -2.14. The summed E-state index contributed by atoms with van der Waals surface area (Å²) in [5.74, 6) is 0.781. The topological polar surface area (TPSA) is 66.5 Å². The molecule has 0 radical (unpaired) electrons. The normalized spacial score (nSPS) is 10.3. The standard InChI is InChI=1S/C13H15N5/c1-10-5-11(6-14)3-4-12(10)7-15-8-13-16-9-18(2)17-13/h3-5,9,15H,7-8H2,1-2H3. The summed E-state index contributed by atoms with van der Waals surface area (Å²) >= 11 is 0. The smallest absolute Gasteiger partial charge is 0.164 e. The summed E-state index contributed by atoms with van der Waals surface area (Å²) in [5, 5.41) is 16.3. The summed E-state index contributed by atoms with van der Waals surface area (Å²) in [6, 6.07) is 7.85. The fraction of sp³-hybridized carbons (Fsp3) is 0.308. The van der Waals surface area contributed by atoms with Crippen LogP contribution < -0.4 is 5.32 Å². The number of benzene rings is 1. The van der Waals surface area contributed by atoms with Crippen LogP contribution in [0.2, 0.25) is 0 Å². The summed E-state index contributed by atoms with van der Waals surface area (Å²) in [4.78, 5) is 4.14. The first-order valence-corrected chi connectivity index (χ1v) is 5.74. The Morgan fingerprint density at radius 2 is 2.22 bits per heavy atom. The zero-order valence-electron chi connectivity index (χ0n) is 10.5. The van der Waals surface area contributed by atoms with E-state index < -0.39 is 0 Å². The highest BCUT2D eigenvalue weighted by Gasteiger charge is 2.01. The van der Waals surface area contributed by atoms with Gasteiger partial charge in [-0.1, -0.05) is 6.07 Å². The first-order chi connectivity index (χ1) is 8.69. The lowest BCUT2D eigenvalue weighted by molar-refractivity contribution is 0.647. The maximum atomic E-state index is 8.80. The van der Waals surface area contributed by atoms with Crippen LogP contribution in [0.3, 0.4) is 0 Å². The van der Waals surface area contributed by atoms with Gasteiger partial charge in [-0.15, -0.1) is 0 Å². The van der Waals surface area contributed by atoms with Gasteiger partial charge < -0.3 is 5.32 Å². The third kappa shape index (κ3) is 2.93. The van der Waals surface area contributed by atoms with Crippen LogP contribution in [0.25, 0.3) is 0 Å². The van der Waals surface area contributed by atoms with Crippen LogP contribution in [0, 0.1) is 18.3 Å². The van der Waals surface area contributed by atoms with Crippen molar-refractivity contribution in [2.24, 2.45) is 7.05 Å². The number of nitriles is 1. The molecule has 0 spiro atoms. The van der Waals surface area contributed by atoms with E-state index in [4.69, 9.17) is 5.26 Å².